The molecule has 4 aliphatic rings. The summed E-state index contributed by atoms with van der Waals surface area (Å²) in [5.74, 6) is 4.28. The number of carbonyl (C=O) groups excluding carboxylic acids is 1. The van der Waals surface area contributed by atoms with Gasteiger partial charge in [-0.05, 0) is 123 Å². The Bertz CT molecular complexity index is 754. The van der Waals surface area contributed by atoms with Crippen molar-refractivity contribution in [3.63, 3.8) is 0 Å². The highest BCUT2D eigenvalue weighted by Gasteiger charge is 2.62. The molecule has 4 rings (SSSR count). The Morgan fingerprint density at radius 2 is 1.58 bits per heavy atom. The molecule has 11 atom stereocenters. The van der Waals surface area contributed by atoms with E-state index in [9.17, 15) is 15.0 Å². The molecule has 0 unspecified atom stereocenters. The monoisotopic (exact) mass is 503 g/mol. The summed E-state index contributed by atoms with van der Waals surface area (Å²) >= 11 is 0. The van der Waals surface area contributed by atoms with Crippen LogP contribution in [0, 0.1) is 52.3 Å². The number of fused-ring (bicyclic) bond motifs is 5. The summed E-state index contributed by atoms with van der Waals surface area (Å²) in [6.45, 7) is 14.1. The first-order valence-corrected chi connectivity index (χ1v) is 15.6. The Balaban J connectivity index is 1.34. The largest absolute Gasteiger partial charge is 0.393 e. The van der Waals surface area contributed by atoms with E-state index >= 15 is 0 Å². The number of rotatable bonds is 9. The van der Waals surface area contributed by atoms with Crippen LogP contribution in [0.25, 0.3) is 0 Å². The lowest BCUT2D eigenvalue weighted by Gasteiger charge is -2.62. The van der Waals surface area contributed by atoms with E-state index in [1.54, 1.807) is 0 Å². The van der Waals surface area contributed by atoms with Crippen LogP contribution in [-0.4, -0.2) is 34.4 Å². The molecule has 36 heavy (non-hydrogen) atoms. The Kier molecular flexibility index (Phi) is 8.87. The fourth-order valence-corrected chi connectivity index (χ4v) is 9.99. The molecule has 0 aliphatic heterocycles. The quantitative estimate of drug-likeness (QED) is 0.327. The third kappa shape index (κ3) is 5.56. The second-order valence-corrected chi connectivity index (χ2v) is 14.8. The van der Waals surface area contributed by atoms with Gasteiger partial charge in [0.15, 0.2) is 0 Å². The Morgan fingerprint density at radius 1 is 0.889 bits per heavy atom. The molecule has 208 valence electrons. The highest BCUT2D eigenvalue weighted by atomic mass is 16.3. The van der Waals surface area contributed by atoms with E-state index in [0.29, 0.717) is 47.3 Å². The summed E-state index contributed by atoms with van der Waals surface area (Å²) < 4.78 is 0. The normalized spacial score (nSPS) is 43.9. The van der Waals surface area contributed by atoms with Crippen molar-refractivity contribution in [1.29, 1.82) is 0 Å². The van der Waals surface area contributed by atoms with Gasteiger partial charge in [0.05, 0.1) is 12.2 Å². The highest BCUT2D eigenvalue weighted by molar-refractivity contribution is 5.76. The minimum Gasteiger partial charge on any atom is -0.393 e. The van der Waals surface area contributed by atoms with Crippen LogP contribution < -0.4 is 5.32 Å². The average Bonchev–Trinajstić information content (AvgIpc) is 3.15. The molecule has 4 saturated carbocycles. The molecule has 3 N–H and O–H groups in total. The molecule has 0 aromatic rings. The second kappa shape index (κ2) is 11.2. The van der Waals surface area contributed by atoms with Gasteiger partial charge in [0.2, 0.25) is 5.91 Å². The molecular formula is C32H57NO3. The van der Waals surface area contributed by atoms with E-state index in [2.05, 4.69) is 46.9 Å². The first-order valence-electron chi connectivity index (χ1n) is 15.6. The highest BCUT2D eigenvalue weighted by Crippen LogP contribution is 2.68. The van der Waals surface area contributed by atoms with E-state index in [1.807, 2.05) is 0 Å². The molecule has 0 spiro atoms. The summed E-state index contributed by atoms with van der Waals surface area (Å²) in [5.41, 5.74) is 0.581. The molecule has 0 bridgehead atoms. The Labute approximate surface area is 221 Å². The molecule has 4 nitrogen and oxygen atoms in total. The summed E-state index contributed by atoms with van der Waals surface area (Å²) in [6.07, 6.45) is 13.6. The van der Waals surface area contributed by atoms with Crippen molar-refractivity contribution in [1.82, 2.24) is 5.32 Å². The molecule has 0 aromatic carbocycles. The molecule has 1 amide bonds. The summed E-state index contributed by atoms with van der Waals surface area (Å²) in [6, 6.07) is 0.272. The molecule has 0 heterocycles. The van der Waals surface area contributed by atoms with Crippen LogP contribution in [0.4, 0.5) is 0 Å². The van der Waals surface area contributed by atoms with Gasteiger partial charge in [-0.1, -0.05) is 47.5 Å². The van der Waals surface area contributed by atoms with Crippen LogP contribution >= 0.6 is 0 Å². The zero-order valence-corrected chi connectivity index (χ0v) is 24.3. The minimum atomic E-state index is -0.208. The standard InChI is InChI=1S/C32H57NO3/c1-20(2)8-7-9-22(4)33-29(36)13-10-21(3)25-11-12-26-30-27(15-17-32(25,26)6)31(5)16-14-24(34)18-23(31)19-28(30)35/h20-28,30,34-35H,7-19H2,1-6H3,(H,33,36)/t21-,22-,23+,24-,25-,26+,27+,28+,30+,31+,32-/m1/s1. The summed E-state index contributed by atoms with van der Waals surface area (Å²) in [7, 11) is 0. The number of amides is 1. The van der Waals surface area contributed by atoms with Gasteiger partial charge >= 0.3 is 0 Å². The molecule has 4 heteroatoms. The third-order valence-electron chi connectivity index (χ3n) is 12.1. The lowest BCUT2D eigenvalue weighted by Crippen LogP contribution is -2.58. The lowest BCUT2D eigenvalue weighted by atomic mass is 9.43. The maximum absolute atomic E-state index is 12.7. The topological polar surface area (TPSA) is 69.6 Å². The smallest absolute Gasteiger partial charge is 0.220 e. The lowest BCUT2D eigenvalue weighted by molar-refractivity contribution is -0.174. The van der Waals surface area contributed by atoms with Crippen LogP contribution in [0.15, 0.2) is 0 Å². The van der Waals surface area contributed by atoms with E-state index in [0.717, 1.165) is 44.4 Å². The molecule has 4 fully saturated rings. The van der Waals surface area contributed by atoms with Gasteiger partial charge in [0.25, 0.3) is 0 Å². The molecule has 0 saturated heterocycles. The third-order valence-corrected chi connectivity index (χ3v) is 12.1. The molecular weight excluding hydrogens is 446 g/mol. The number of hydrogen-bond acceptors (Lipinski definition) is 3. The van der Waals surface area contributed by atoms with Crippen LogP contribution in [-0.2, 0) is 4.79 Å². The van der Waals surface area contributed by atoms with Crippen molar-refractivity contribution in [3.8, 4) is 0 Å². The zero-order valence-electron chi connectivity index (χ0n) is 24.3. The summed E-state index contributed by atoms with van der Waals surface area (Å²) in [4.78, 5) is 12.7. The van der Waals surface area contributed by atoms with Gasteiger partial charge < -0.3 is 15.5 Å². The van der Waals surface area contributed by atoms with Crippen molar-refractivity contribution in [3.05, 3.63) is 0 Å². The second-order valence-electron chi connectivity index (χ2n) is 14.8. The minimum absolute atomic E-state index is 0.169. The fraction of sp³-hybridized carbons (Fsp3) is 0.969. The number of carbonyl (C=O) groups is 1. The Morgan fingerprint density at radius 3 is 2.31 bits per heavy atom. The molecule has 0 aromatic heterocycles. The van der Waals surface area contributed by atoms with E-state index in [-0.39, 0.29) is 29.6 Å². The van der Waals surface area contributed by atoms with Crippen molar-refractivity contribution in [2.45, 2.75) is 143 Å². The van der Waals surface area contributed by atoms with Crippen molar-refractivity contribution < 1.29 is 15.0 Å². The van der Waals surface area contributed by atoms with Crippen molar-refractivity contribution in [2.24, 2.45) is 52.3 Å². The SMILES string of the molecule is CC(C)CCC[C@@H](C)NC(=O)CC[C@@H](C)[C@H]1CC[C@H]2[C@@H]3[C@@H](O)C[C@@H]4C[C@H](O)CC[C@]4(C)[C@H]3CC[C@]12C. The van der Waals surface area contributed by atoms with E-state index in [1.165, 1.54) is 38.5 Å². The van der Waals surface area contributed by atoms with Gasteiger partial charge in [-0.25, -0.2) is 0 Å². The molecule has 4 aliphatic carbocycles. The number of hydrogen-bond donors (Lipinski definition) is 3. The zero-order chi connectivity index (χ0) is 26.3. The van der Waals surface area contributed by atoms with Gasteiger partial charge in [-0.2, -0.15) is 0 Å². The van der Waals surface area contributed by atoms with Crippen LogP contribution in [0.5, 0.6) is 0 Å². The summed E-state index contributed by atoms with van der Waals surface area (Å²) in [5, 5.41) is 25.0. The fourth-order valence-electron chi connectivity index (χ4n) is 9.99. The van der Waals surface area contributed by atoms with Gasteiger partial charge in [0, 0.05) is 12.5 Å². The average molecular weight is 504 g/mol. The first-order chi connectivity index (χ1) is 17.0. The number of aliphatic hydroxyl groups is 2. The van der Waals surface area contributed by atoms with E-state index < -0.39 is 0 Å². The van der Waals surface area contributed by atoms with Gasteiger partial charge in [-0.3, -0.25) is 4.79 Å². The number of nitrogens with one attached hydrogen (secondary N) is 1. The maximum Gasteiger partial charge on any atom is 0.220 e. The van der Waals surface area contributed by atoms with E-state index in [4.69, 9.17) is 0 Å². The van der Waals surface area contributed by atoms with Gasteiger partial charge in [0.1, 0.15) is 0 Å². The van der Waals surface area contributed by atoms with Crippen LogP contribution in [0.1, 0.15) is 125 Å². The van der Waals surface area contributed by atoms with Crippen molar-refractivity contribution >= 4 is 5.91 Å². The Hall–Kier alpha value is -0.610. The first kappa shape index (κ1) is 28.4. The maximum atomic E-state index is 12.7. The predicted octanol–water partition coefficient (Wildman–Crippen LogP) is 6.72. The van der Waals surface area contributed by atoms with Gasteiger partial charge in [-0.15, -0.1) is 0 Å². The van der Waals surface area contributed by atoms with Crippen LogP contribution in [0.2, 0.25) is 0 Å². The molecule has 0 radical (unpaired) electrons. The van der Waals surface area contributed by atoms with Crippen LogP contribution in [0.3, 0.4) is 0 Å². The van der Waals surface area contributed by atoms with Crippen molar-refractivity contribution in [2.75, 3.05) is 0 Å². The number of aliphatic hydroxyl groups excluding tert-OH is 2. The predicted molar refractivity (Wildman–Crippen MR) is 147 cm³/mol.